The fourth-order valence-corrected chi connectivity index (χ4v) is 2.60. The quantitative estimate of drug-likeness (QED) is 0.503. The van der Waals surface area contributed by atoms with Gasteiger partial charge in [0, 0.05) is 5.92 Å². The number of carbonyl (C=O) groups excluding carboxylic acids is 1. The number of amides is 1. The van der Waals surface area contributed by atoms with E-state index in [9.17, 15) is 22.4 Å². The molecule has 3 rings (SSSR count). The van der Waals surface area contributed by atoms with Crippen molar-refractivity contribution in [3.8, 4) is 0 Å². The summed E-state index contributed by atoms with van der Waals surface area (Å²) < 4.78 is 50.6. The summed E-state index contributed by atoms with van der Waals surface area (Å²) in [5.74, 6) is -0.940. The predicted octanol–water partition coefficient (Wildman–Crippen LogP) is 4.10. The molecule has 0 aliphatic heterocycles. The first-order valence-electron chi connectivity index (χ1n) is 7.60. The van der Waals surface area contributed by atoms with E-state index >= 15 is 0 Å². The molecule has 2 aromatic carbocycles. The van der Waals surface area contributed by atoms with Crippen LogP contribution in [-0.4, -0.2) is 12.1 Å². The SMILES string of the molecule is O=C(NN=Cc1ccc(C(F)(F)F)cc1)C1CC1c1cccc(F)c1. The number of rotatable bonds is 4. The zero-order valence-electron chi connectivity index (χ0n) is 12.9. The highest BCUT2D eigenvalue weighted by Crippen LogP contribution is 2.47. The lowest BCUT2D eigenvalue weighted by Crippen LogP contribution is -2.20. The Bertz CT molecular complexity index is 799. The Morgan fingerprint density at radius 1 is 1.16 bits per heavy atom. The molecular weight excluding hydrogens is 336 g/mol. The Morgan fingerprint density at radius 3 is 2.52 bits per heavy atom. The largest absolute Gasteiger partial charge is 0.416 e. The molecule has 2 atom stereocenters. The second-order valence-corrected chi connectivity index (χ2v) is 5.86. The maximum Gasteiger partial charge on any atom is 0.416 e. The van der Waals surface area contributed by atoms with Crippen LogP contribution in [0.2, 0.25) is 0 Å². The molecule has 130 valence electrons. The van der Waals surface area contributed by atoms with Gasteiger partial charge in [0.1, 0.15) is 5.82 Å². The molecule has 0 heterocycles. The van der Waals surface area contributed by atoms with E-state index in [4.69, 9.17) is 0 Å². The van der Waals surface area contributed by atoms with Gasteiger partial charge < -0.3 is 0 Å². The summed E-state index contributed by atoms with van der Waals surface area (Å²) >= 11 is 0. The molecule has 0 aromatic heterocycles. The van der Waals surface area contributed by atoms with Gasteiger partial charge >= 0.3 is 6.18 Å². The number of hydrogen-bond donors (Lipinski definition) is 1. The third-order valence-corrected chi connectivity index (χ3v) is 4.03. The van der Waals surface area contributed by atoms with Gasteiger partial charge in [-0.1, -0.05) is 24.3 Å². The van der Waals surface area contributed by atoms with Crippen molar-refractivity contribution in [3.63, 3.8) is 0 Å². The molecule has 3 nitrogen and oxygen atoms in total. The van der Waals surface area contributed by atoms with E-state index in [0.717, 1.165) is 17.7 Å². The maximum atomic E-state index is 13.2. The second kappa shape index (κ2) is 6.66. The van der Waals surface area contributed by atoms with Crippen molar-refractivity contribution in [1.82, 2.24) is 5.43 Å². The molecule has 25 heavy (non-hydrogen) atoms. The number of benzene rings is 2. The zero-order chi connectivity index (χ0) is 18.0. The summed E-state index contributed by atoms with van der Waals surface area (Å²) in [5.41, 5.74) is 2.83. The van der Waals surface area contributed by atoms with E-state index < -0.39 is 11.7 Å². The summed E-state index contributed by atoms with van der Waals surface area (Å²) in [6.07, 6.45) is -2.50. The number of nitrogens with one attached hydrogen (secondary N) is 1. The van der Waals surface area contributed by atoms with Gasteiger partial charge in [0.2, 0.25) is 5.91 Å². The van der Waals surface area contributed by atoms with Crippen LogP contribution in [0.1, 0.15) is 29.0 Å². The topological polar surface area (TPSA) is 41.5 Å². The summed E-state index contributed by atoms with van der Waals surface area (Å²) in [5, 5.41) is 3.76. The van der Waals surface area contributed by atoms with Gasteiger partial charge in [-0.05, 0) is 47.7 Å². The molecule has 0 radical (unpaired) electrons. The fourth-order valence-electron chi connectivity index (χ4n) is 2.60. The molecule has 2 unspecified atom stereocenters. The van der Waals surface area contributed by atoms with E-state index in [1.807, 2.05) is 0 Å². The Labute approximate surface area is 141 Å². The minimum absolute atomic E-state index is 0.0306. The van der Waals surface area contributed by atoms with Crippen LogP contribution in [0.4, 0.5) is 17.6 Å². The lowest BCUT2D eigenvalue weighted by molar-refractivity contribution is -0.137. The molecule has 1 N–H and O–H groups in total. The third kappa shape index (κ3) is 4.23. The van der Waals surface area contributed by atoms with Gasteiger partial charge in [-0.25, -0.2) is 9.82 Å². The number of hydrazone groups is 1. The van der Waals surface area contributed by atoms with Gasteiger partial charge in [-0.2, -0.15) is 18.3 Å². The van der Waals surface area contributed by atoms with E-state index in [2.05, 4.69) is 10.5 Å². The monoisotopic (exact) mass is 350 g/mol. The smallest absolute Gasteiger partial charge is 0.273 e. The predicted molar refractivity (Wildman–Crippen MR) is 84.4 cm³/mol. The normalized spacial score (nSPS) is 19.8. The molecular formula is C18H14F4N2O. The van der Waals surface area contributed by atoms with Crippen LogP contribution in [0.5, 0.6) is 0 Å². The Kier molecular flexibility index (Phi) is 4.57. The highest BCUT2D eigenvalue weighted by Gasteiger charge is 2.44. The Hall–Kier alpha value is -2.70. The van der Waals surface area contributed by atoms with Gasteiger partial charge in [0.15, 0.2) is 0 Å². The number of alkyl halides is 3. The highest BCUT2D eigenvalue weighted by molar-refractivity contribution is 5.85. The van der Waals surface area contributed by atoms with Crippen LogP contribution >= 0.6 is 0 Å². The van der Waals surface area contributed by atoms with Crippen LogP contribution in [0, 0.1) is 11.7 Å². The van der Waals surface area contributed by atoms with Crippen molar-refractivity contribution in [2.45, 2.75) is 18.5 Å². The molecule has 0 spiro atoms. The van der Waals surface area contributed by atoms with Crippen LogP contribution < -0.4 is 5.43 Å². The summed E-state index contributed by atoms with van der Waals surface area (Å²) in [6, 6.07) is 10.6. The van der Waals surface area contributed by atoms with Crippen LogP contribution in [-0.2, 0) is 11.0 Å². The van der Waals surface area contributed by atoms with Gasteiger partial charge in [0.05, 0.1) is 11.8 Å². The second-order valence-electron chi connectivity index (χ2n) is 5.86. The molecule has 0 bridgehead atoms. The lowest BCUT2D eigenvalue weighted by atomic mass is 10.1. The summed E-state index contributed by atoms with van der Waals surface area (Å²) in [7, 11) is 0. The standard InChI is InChI=1S/C18H14F4N2O/c19-14-3-1-2-12(8-14)15-9-16(15)17(25)24-23-10-11-4-6-13(7-5-11)18(20,21)22/h1-8,10,15-16H,9H2,(H,24,25). The van der Waals surface area contributed by atoms with E-state index in [1.165, 1.54) is 30.5 Å². The number of carbonyl (C=O) groups is 1. The molecule has 1 saturated carbocycles. The van der Waals surface area contributed by atoms with Crippen molar-refractivity contribution in [3.05, 3.63) is 71.0 Å². The molecule has 1 amide bonds. The van der Waals surface area contributed by atoms with Gasteiger partial charge in [-0.3, -0.25) is 4.79 Å². The lowest BCUT2D eigenvalue weighted by Gasteiger charge is -2.05. The fraction of sp³-hybridized carbons (Fsp3) is 0.222. The molecule has 0 saturated heterocycles. The Balaban J connectivity index is 1.54. The first-order valence-corrected chi connectivity index (χ1v) is 7.60. The number of halogens is 4. The minimum atomic E-state index is -4.39. The van der Waals surface area contributed by atoms with Crippen molar-refractivity contribution in [2.24, 2.45) is 11.0 Å². The molecule has 1 aliphatic rings. The first-order chi connectivity index (χ1) is 11.8. The number of hydrogen-bond acceptors (Lipinski definition) is 2. The van der Waals surface area contributed by atoms with E-state index in [1.54, 1.807) is 12.1 Å². The molecule has 1 aliphatic carbocycles. The number of nitrogens with zero attached hydrogens (tertiary/aromatic N) is 1. The van der Waals surface area contributed by atoms with Crippen LogP contribution in [0.15, 0.2) is 53.6 Å². The van der Waals surface area contributed by atoms with Gasteiger partial charge in [-0.15, -0.1) is 0 Å². The summed E-state index contributed by atoms with van der Waals surface area (Å²) in [4.78, 5) is 12.0. The molecule has 2 aromatic rings. The van der Waals surface area contributed by atoms with Crippen molar-refractivity contribution in [1.29, 1.82) is 0 Å². The van der Waals surface area contributed by atoms with Gasteiger partial charge in [0.25, 0.3) is 0 Å². The zero-order valence-corrected chi connectivity index (χ0v) is 12.9. The van der Waals surface area contributed by atoms with Crippen LogP contribution in [0.25, 0.3) is 0 Å². The molecule has 7 heteroatoms. The van der Waals surface area contributed by atoms with E-state index in [-0.39, 0.29) is 23.6 Å². The third-order valence-electron chi connectivity index (χ3n) is 4.03. The minimum Gasteiger partial charge on any atom is -0.273 e. The Morgan fingerprint density at radius 2 is 1.88 bits per heavy atom. The average molecular weight is 350 g/mol. The van der Waals surface area contributed by atoms with Crippen molar-refractivity contribution in [2.75, 3.05) is 0 Å². The summed E-state index contributed by atoms with van der Waals surface area (Å²) in [6.45, 7) is 0. The first kappa shape index (κ1) is 17.1. The van der Waals surface area contributed by atoms with E-state index in [0.29, 0.717) is 12.0 Å². The maximum absolute atomic E-state index is 13.2. The van der Waals surface area contributed by atoms with Crippen LogP contribution in [0.3, 0.4) is 0 Å². The average Bonchev–Trinajstić information content (AvgIpc) is 3.35. The van der Waals surface area contributed by atoms with Crippen molar-refractivity contribution < 1.29 is 22.4 Å². The van der Waals surface area contributed by atoms with Crippen molar-refractivity contribution >= 4 is 12.1 Å². The molecule has 1 fully saturated rings. The highest BCUT2D eigenvalue weighted by atomic mass is 19.4.